The van der Waals surface area contributed by atoms with Crippen molar-refractivity contribution in [3.63, 3.8) is 0 Å². The molecular weight excluding hydrogens is 360 g/mol. The van der Waals surface area contributed by atoms with Crippen molar-refractivity contribution in [3.8, 4) is 0 Å². The van der Waals surface area contributed by atoms with E-state index in [-0.39, 0.29) is 17.9 Å². The summed E-state index contributed by atoms with van der Waals surface area (Å²) in [4.78, 5) is 20.5. The van der Waals surface area contributed by atoms with Crippen molar-refractivity contribution in [2.24, 2.45) is 0 Å². The molecule has 0 fully saturated rings. The number of aromatic nitrogens is 2. The minimum absolute atomic E-state index is 0.0372. The Morgan fingerprint density at radius 3 is 2.10 bits per heavy atom. The first kappa shape index (κ1) is 17.0. The molecule has 5 heteroatoms. The van der Waals surface area contributed by atoms with Gasteiger partial charge in [0.05, 0.1) is 6.04 Å². The van der Waals surface area contributed by atoms with E-state index >= 15 is 0 Å². The van der Waals surface area contributed by atoms with Gasteiger partial charge in [0.2, 0.25) is 0 Å². The molecule has 0 saturated heterocycles. The number of carbonyl (C=O) groups excluding carboxylic acids is 1. The summed E-state index contributed by atoms with van der Waals surface area (Å²) < 4.78 is 0. The SMILES string of the molecule is O=C(CC1NCCc2c1[nH]c1ccccc21)C1NCCc2c1[nH]c1ccccc21. The van der Waals surface area contributed by atoms with Crippen molar-refractivity contribution < 1.29 is 4.79 Å². The van der Waals surface area contributed by atoms with Crippen LogP contribution in [0.2, 0.25) is 0 Å². The number of Topliss-reactive ketones (excluding diaryl/α,β-unsaturated/α-hetero) is 1. The van der Waals surface area contributed by atoms with Crippen LogP contribution in [0.1, 0.15) is 41.0 Å². The summed E-state index contributed by atoms with van der Waals surface area (Å²) in [5, 5.41) is 9.56. The van der Waals surface area contributed by atoms with Crippen LogP contribution in [0.4, 0.5) is 0 Å². The molecule has 0 amide bonds. The second-order valence-electron chi connectivity index (χ2n) is 8.19. The first-order chi connectivity index (χ1) is 14.3. The largest absolute Gasteiger partial charge is 0.357 e. The third-order valence-corrected chi connectivity index (χ3v) is 6.55. The van der Waals surface area contributed by atoms with Gasteiger partial charge >= 0.3 is 0 Å². The molecule has 146 valence electrons. The van der Waals surface area contributed by atoms with E-state index < -0.39 is 0 Å². The molecule has 4 heterocycles. The molecule has 0 radical (unpaired) electrons. The van der Waals surface area contributed by atoms with Gasteiger partial charge in [-0.05, 0) is 42.6 Å². The number of hydrogen-bond acceptors (Lipinski definition) is 3. The van der Waals surface area contributed by atoms with Crippen LogP contribution in [0.5, 0.6) is 0 Å². The van der Waals surface area contributed by atoms with E-state index in [9.17, 15) is 4.79 Å². The molecule has 5 nitrogen and oxygen atoms in total. The molecule has 6 rings (SSSR count). The monoisotopic (exact) mass is 384 g/mol. The van der Waals surface area contributed by atoms with Crippen LogP contribution in [-0.4, -0.2) is 28.8 Å². The fraction of sp³-hybridized carbons (Fsp3) is 0.292. The molecular formula is C24H24N4O. The zero-order valence-corrected chi connectivity index (χ0v) is 16.2. The average molecular weight is 384 g/mol. The third-order valence-electron chi connectivity index (χ3n) is 6.55. The van der Waals surface area contributed by atoms with Crippen molar-refractivity contribution in [2.75, 3.05) is 13.1 Å². The van der Waals surface area contributed by atoms with Gasteiger partial charge < -0.3 is 20.6 Å². The lowest BCUT2D eigenvalue weighted by atomic mass is 9.91. The molecule has 2 aromatic heterocycles. The van der Waals surface area contributed by atoms with E-state index in [2.05, 4.69) is 63.1 Å². The first-order valence-electron chi connectivity index (χ1n) is 10.5. The lowest BCUT2D eigenvalue weighted by molar-refractivity contribution is -0.122. The molecule has 0 bridgehead atoms. The van der Waals surface area contributed by atoms with E-state index in [1.165, 1.54) is 27.6 Å². The van der Waals surface area contributed by atoms with Gasteiger partial charge in [-0.2, -0.15) is 0 Å². The van der Waals surface area contributed by atoms with Crippen LogP contribution in [0.25, 0.3) is 21.8 Å². The minimum atomic E-state index is -0.261. The van der Waals surface area contributed by atoms with Gasteiger partial charge in [0.15, 0.2) is 5.78 Å². The number of aromatic amines is 2. The highest BCUT2D eigenvalue weighted by molar-refractivity contribution is 5.92. The van der Waals surface area contributed by atoms with E-state index in [4.69, 9.17) is 0 Å². The number of nitrogens with one attached hydrogen (secondary N) is 4. The molecule has 0 saturated carbocycles. The van der Waals surface area contributed by atoms with E-state index in [0.29, 0.717) is 6.42 Å². The van der Waals surface area contributed by atoms with Gasteiger partial charge in [0, 0.05) is 46.2 Å². The molecule has 2 aliphatic heterocycles. The quantitative estimate of drug-likeness (QED) is 0.435. The fourth-order valence-corrected chi connectivity index (χ4v) is 5.21. The summed E-state index contributed by atoms with van der Waals surface area (Å²) in [5.41, 5.74) is 7.16. The topological polar surface area (TPSA) is 72.7 Å². The zero-order valence-electron chi connectivity index (χ0n) is 16.2. The van der Waals surface area contributed by atoms with Crippen molar-refractivity contribution in [1.82, 2.24) is 20.6 Å². The second-order valence-corrected chi connectivity index (χ2v) is 8.19. The first-order valence-corrected chi connectivity index (χ1v) is 10.5. The highest BCUT2D eigenvalue weighted by Crippen LogP contribution is 2.35. The maximum atomic E-state index is 13.4. The Bertz CT molecular complexity index is 1230. The Hall–Kier alpha value is -2.89. The van der Waals surface area contributed by atoms with E-state index in [0.717, 1.165) is 42.7 Å². The summed E-state index contributed by atoms with van der Waals surface area (Å²) in [6, 6.07) is 16.6. The normalized spacial score (nSPS) is 21.2. The van der Waals surface area contributed by atoms with Crippen LogP contribution < -0.4 is 10.6 Å². The van der Waals surface area contributed by atoms with Crippen molar-refractivity contribution >= 4 is 27.6 Å². The van der Waals surface area contributed by atoms with Crippen molar-refractivity contribution in [1.29, 1.82) is 0 Å². The highest BCUT2D eigenvalue weighted by atomic mass is 16.1. The Morgan fingerprint density at radius 2 is 1.38 bits per heavy atom. The van der Waals surface area contributed by atoms with Gasteiger partial charge in [-0.3, -0.25) is 4.79 Å². The molecule has 2 aliphatic rings. The molecule has 2 aromatic carbocycles. The highest BCUT2D eigenvalue weighted by Gasteiger charge is 2.32. The van der Waals surface area contributed by atoms with Gasteiger partial charge in [0.25, 0.3) is 0 Å². The molecule has 2 atom stereocenters. The van der Waals surface area contributed by atoms with Crippen molar-refractivity contribution in [2.45, 2.75) is 31.3 Å². The van der Waals surface area contributed by atoms with Gasteiger partial charge in [-0.25, -0.2) is 0 Å². The Labute approximate surface area is 168 Å². The zero-order chi connectivity index (χ0) is 19.4. The lowest BCUT2D eigenvalue weighted by Crippen LogP contribution is -2.38. The molecule has 4 aromatic rings. The lowest BCUT2D eigenvalue weighted by Gasteiger charge is -2.28. The maximum Gasteiger partial charge on any atom is 0.157 e. The number of carbonyl (C=O) groups is 1. The van der Waals surface area contributed by atoms with Crippen LogP contribution >= 0.6 is 0 Å². The smallest absolute Gasteiger partial charge is 0.157 e. The van der Waals surface area contributed by atoms with Gasteiger partial charge in [0.1, 0.15) is 6.04 Å². The maximum absolute atomic E-state index is 13.4. The van der Waals surface area contributed by atoms with Gasteiger partial charge in [-0.1, -0.05) is 36.4 Å². The summed E-state index contributed by atoms with van der Waals surface area (Å²) in [5.74, 6) is 0.238. The number of hydrogen-bond donors (Lipinski definition) is 4. The second kappa shape index (κ2) is 6.58. The average Bonchev–Trinajstić information content (AvgIpc) is 3.32. The molecule has 2 unspecified atom stereocenters. The number of fused-ring (bicyclic) bond motifs is 6. The summed E-state index contributed by atoms with van der Waals surface area (Å²) in [7, 11) is 0. The van der Waals surface area contributed by atoms with Gasteiger partial charge in [-0.15, -0.1) is 0 Å². The Balaban J connectivity index is 1.33. The Kier molecular flexibility index (Phi) is 3.86. The Morgan fingerprint density at radius 1 is 0.793 bits per heavy atom. The third kappa shape index (κ3) is 2.65. The van der Waals surface area contributed by atoms with Crippen LogP contribution in [0.15, 0.2) is 48.5 Å². The minimum Gasteiger partial charge on any atom is -0.357 e. The molecule has 0 aliphatic carbocycles. The van der Waals surface area contributed by atoms with E-state index in [1.54, 1.807) is 0 Å². The summed E-state index contributed by atoms with van der Waals surface area (Å²) in [6.07, 6.45) is 2.43. The van der Waals surface area contributed by atoms with Crippen LogP contribution in [0, 0.1) is 0 Å². The summed E-state index contributed by atoms with van der Waals surface area (Å²) in [6.45, 7) is 1.74. The summed E-state index contributed by atoms with van der Waals surface area (Å²) >= 11 is 0. The fourth-order valence-electron chi connectivity index (χ4n) is 5.21. The molecule has 29 heavy (non-hydrogen) atoms. The number of H-pyrrole nitrogens is 2. The van der Waals surface area contributed by atoms with Crippen LogP contribution in [-0.2, 0) is 17.6 Å². The predicted molar refractivity (Wildman–Crippen MR) is 115 cm³/mol. The number of rotatable bonds is 3. The number of para-hydroxylation sites is 2. The molecule has 4 N–H and O–H groups in total. The molecule has 0 spiro atoms. The van der Waals surface area contributed by atoms with E-state index in [1.807, 2.05) is 6.07 Å². The predicted octanol–water partition coefficient (Wildman–Crippen LogP) is 3.68. The van der Waals surface area contributed by atoms with Crippen molar-refractivity contribution in [3.05, 3.63) is 71.0 Å². The van der Waals surface area contributed by atoms with Crippen LogP contribution in [0.3, 0.4) is 0 Å². The number of ketones is 1. The number of benzene rings is 2. The standard InChI is InChI=1S/C24H24N4O/c29-21(24-23-17(10-12-26-24)15-6-2-4-8-19(15)28-23)13-20-22-16(9-11-25-20)14-5-1-3-7-18(14)27-22/h1-8,20,24-28H,9-13H2.